The molecule has 94 valence electrons. The van der Waals surface area contributed by atoms with E-state index in [0.717, 1.165) is 11.3 Å². The maximum Gasteiger partial charge on any atom is 0.165 e. The van der Waals surface area contributed by atoms with Gasteiger partial charge in [0.05, 0.1) is 5.69 Å². The lowest BCUT2D eigenvalue weighted by atomic mass is 10.1. The second-order valence-electron chi connectivity index (χ2n) is 4.09. The Balaban J connectivity index is 2.06. The van der Waals surface area contributed by atoms with E-state index in [-0.39, 0.29) is 18.4 Å². The average molecular weight is 246 g/mol. The zero-order valence-corrected chi connectivity index (χ0v) is 10.1. The van der Waals surface area contributed by atoms with Crippen molar-refractivity contribution in [2.45, 2.75) is 19.6 Å². The van der Waals surface area contributed by atoms with Crippen molar-refractivity contribution in [1.82, 2.24) is 4.98 Å². The minimum absolute atomic E-state index is 0.190. The summed E-state index contributed by atoms with van der Waals surface area (Å²) in [5, 5.41) is 0. The van der Waals surface area contributed by atoms with Gasteiger partial charge >= 0.3 is 0 Å². The molecule has 1 aromatic heterocycles. The number of pyridine rings is 1. The molecule has 1 aromatic carbocycles. The Labute approximate surface area is 105 Å². The largest absolute Gasteiger partial charge is 0.484 e. The van der Waals surface area contributed by atoms with Gasteiger partial charge in [-0.1, -0.05) is 12.1 Å². The van der Waals surface area contributed by atoms with Gasteiger partial charge in [0.25, 0.3) is 0 Å². The zero-order valence-electron chi connectivity index (χ0n) is 10.1. The molecule has 0 amide bonds. The molecule has 4 heteroatoms. The van der Waals surface area contributed by atoms with Gasteiger partial charge in [-0.25, -0.2) is 4.39 Å². The maximum atomic E-state index is 13.7. The molecule has 0 bridgehead atoms. The van der Waals surface area contributed by atoms with E-state index in [1.165, 1.54) is 6.07 Å². The van der Waals surface area contributed by atoms with E-state index in [4.69, 9.17) is 10.5 Å². The molecule has 0 fully saturated rings. The predicted octanol–water partition coefficient (Wildman–Crippen LogP) is 2.82. The molecule has 0 saturated carbocycles. The summed E-state index contributed by atoms with van der Waals surface area (Å²) in [5.41, 5.74) is 7.19. The van der Waals surface area contributed by atoms with Crippen LogP contribution in [0, 0.1) is 5.82 Å². The summed E-state index contributed by atoms with van der Waals surface area (Å²) in [6.45, 7) is 2.05. The summed E-state index contributed by atoms with van der Waals surface area (Å²) in [6, 6.07) is 10.1. The summed E-state index contributed by atoms with van der Waals surface area (Å²) < 4.78 is 19.1. The van der Waals surface area contributed by atoms with Gasteiger partial charge in [-0.3, -0.25) is 4.98 Å². The molecule has 18 heavy (non-hydrogen) atoms. The first-order valence-corrected chi connectivity index (χ1v) is 5.74. The Morgan fingerprint density at radius 1 is 1.33 bits per heavy atom. The lowest BCUT2D eigenvalue weighted by molar-refractivity contribution is 0.285. The van der Waals surface area contributed by atoms with Crippen LogP contribution in [0.3, 0.4) is 0 Å². The molecule has 2 rings (SSSR count). The second-order valence-corrected chi connectivity index (χ2v) is 4.09. The van der Waals surface area contributed by atoms with Crippen LogP contribution in [0.4, 0.5) is 4.39 Å². The topological polar surface area (TPSA) is 48.1 Å². The van der Waals surface area contributed by atoms with E-state index in [9.17, 15) is 4.39 Å². The molecule has 3 nitrogen and oxygen atoms in total. The van der Waals surface area contributed by atoms with E-state index < -0.39 is 5.82 Å². The first-order valence-electron chi connectivity index (χ1n) is 5.74. The van der Waals surface area contributed by atoms with Gasteiger partial charge in [-0.2, -0.15) is 0 Å². The molecule has 1 atom stereocenters. The standard InChI is InChI=1S/C14H15FN2O/c1-10(16)11-5-6-14(13(15)8-11)18-9-12-4-2-3-7-17-12/h2-8,10H,9,16H2,1H3. The van der Waals surface area contributed by atoms with Crippen molar-refractivity contribution < 1.29 is 9.13 Å². The summed E-state index contributed by atoms with van der Waals surface area (Å²) in [7, 11) is 0. The molecule has 2 aromatic rings. The van der Waals surface area contributed by atoms with Crippen molar-refractivity contribution >= 4 is 0 Å². The van der Waals surface area contributed by atoms with Gasteiger partial charge in [0.1, 0.15) is 6.61 Å². The third kappa shape index (κ3) is 3.05. The number of hydrogen-bond acceptors (Lipinski definition) is 3. The van der Waals surface area contributed by atoms with E-state index in [2.05, 4.69) is 4.98 Å². The third-order valence-corrected chi connectivity index (χ3v) is 2.58. The van der Waals surface area contributed by atoms with E-state index in [0.29, 0.717) is 0 Å². The fraction of sp³-hybridized carbons (Fsp3) is 0.214. The molecule has 0 aliphatic heterocycles. The molecule has 1 heterocycles. The van der Waals surface area contributed by atoms with Gasteiger partial charge in [0.2, 0.25) is 0 Å². The van der Waals surface area contributed by atoms with Crippen molar-refractivity contribution in [1.29, 1.82) is 0 Å². The van der Waals surface area contributed by atoms with Gasteiger partial charge in [-0.05, 0) is 36.8 Å². The van der Waals surface area contributed by atoms with Crippen molar-refractivity contribution in [3.05, 3.63) is 59.7 Å². The highest BCUT2D eigenvalue weighted by Crippen LogP contribution is 2.21. The molecule has 1 unspecified atom stereocenters. The third-order valence-electron chi connectivity index (χ3n) is 2.58. The molecule has 0 spiro atoms. The van der Waals surface area contributed by atoms with Crippen LogP contribution in [0.1, 0.15) is 24.2 Å². The summed E-state index contributed by atoms with van der Waals surface area (Å²) in [6.07, 6.45) is 1.67. The van der Waals surface area contributed by atoms with Crippen molar-refractivity contribution in [2.24, 2.45) is 5.73 Å². The quantitative estimate of drug-likeness (QED) is 0.902. The van der Waals surface area contributed by atoms with Crippen molar-refractivity contribution in [3.8, 4) is 5.75 Å². The number of hydrogen-bond donors (Lipinski definition) is 1. The van der Waals surface area contributed by atoms with Crippen LogP contribution in [0.25, 0.3) is 0 Å². The van der Waals surface area contributed by atoms with E-state index in [1.54, 1.807) is 18.3 Å². The van der Waals surface area contributed by atoms with Crippen molar-refractivity contribution in [3.63, 3.8) is 0 Å². The molecule has 2 N–H and O–H groups in total. The number of nitrogens with zero attached hydrogens (tertiary/aromatic N) is 1. The zero-order chi connectivity index (χ0) is 13.0. The number of halogens is 1. The SMILES string of the molecule is CC(N)c1ccc(OCc2ccccn2)c(F)c1. The highest BCUT2D eigenvalue weighted by molar-refractivity contribution is 5.30. The summed E-state index contributed by atoms with van der Waals surface area (Å²) in [4.78, 5) is 4.10. The van der Waals surface area contributed by atoms with Crippen LogP contribution in [-0.4, -0.2) is 4.98 Å². The normalized spacial score (nSPS) is 12.2. The number of aromatic nitrogens is 1. The molecular formula is C14H15FN2O. The number of ether oxygens (including phenoxy) is 1. The highest BCUT2D eigenvalue weighted by atomic mass is 19.1. The molecule has 0 aliphatic carbocycles. The molecule has 0 radical (unpaired) electrons. The monoisotopic (exact) mass is 246 g/mol. The lowest BCUT2D eigenvalue weighted by Gasteiger charge is -2.10. The predicted molar refractivity (Wildman–Crippen MR) is 67.6 cm³/mol. The number of nitrogens with two attached hydrogens (primary N) is 1. The Morgan fingerprint density at radius 2 is 2.17 bits per heavy atom. The Morgan fingerprint density at radius 3 is 2.78 bits per heavy atom. The van der Waals surface area contributed by atoms with Crippen LogP contribution in [0.15, 0.2) is 42.6 Å². The van der Waals surface area contributed by atoms with Crippen LogP contribution >= 0.6 is 0 Å². The Bertz CT molecular complexity index is 514. The Hall–Kier alpha value is -1.94. The lowest BCUT2D eigenvalue weighted by Crippen LogP contribution is -2.06. The molecule has 0 aliphatic rings. The first kappa shape index (κ1) is 12.5. The minimum Gasteiger partial charge on any atom is -0.484 e. The van der Waals surface area contributed by atoms with E-state index in [1.807, 2.05) is 25.1 Å². The average Bonchev–Trinajstić information content (AvgIpc) is 2.38. The number of rotatable bonds is 4. The second kappa shape index (κ2) is 5.60. The fourth-order valence-electron chi connectivity index (χ4n) is 1.55. The first-order chi connectivity index (χ1) is 8.66. The maximum absolute atomic E-state index is 13.7. The van der Waals surface area contributed by atoms with Gasteiger partial charge in [-0.15, -0.1) is 0 Å². The number of benzene rings is 1. The summed E-state index contributed by atoms with van der Waals surface area (Å²) in [5.74, 6) is -0.189. The van der Waals surface area contributed by atoms with Gasteiger partial charge in [0.15, 0.2) is 11.6 Å². The van der Waals surface area contributed by atoms with Gasteiger partial charge in [0, 0.05) is 12.2 Å². The van der Waals surface area contributed by atoms with Crippen LogP contribution in [0.2, 0.25) is 0 Å². The van der Waals surface area contributed by atoms with Crippen LogP contribution < -0.4 is 10.5 Å². The smallest absolute Gasteiger partial charge is 0.165 e. The van der Waals surface area contributed by atoms with Crippen LogP contribution in [-0.2, 0) is 6.61 Å². The molecule has 0 saturated heterocycles. The molecular weight excluding hydrogens is 231 g/mol. The van der Waals surface area contributed by atoms with Crippen LogP contribution in [0.5, 0.6) is 5.75 Å². The highest BCUT2D eigenvalue weighted by Gasteiger charge is 2.07. The fourth-order valence-corrected chi connectivity index (χ4v) is 1.55. The summed E-state index contributed by atoms with van der Waals surface area (Å²) >= 11 is 0. The van der Waals surface area contributed by atoms with E-state index >= 15 is 0 Å². The van der Waals surface area contributed by atoms with Crippen molar-refractivity contribution in [2.75, 3.05) is 0 Å². The minimum atomic E-state index is -0.402. The van der Waals surface area contributed by atoms with Gasteiger partial charge < -0.3 is 10.5 Å². The Kier molecular flexibility index (Phi) is 3.89.